The largest absolute Gasteiger partial charge is 0.363 e. The predicted octanol–water partition coefficient (Wildman–Crippen LogP) is 0.684. The fourth-order valence-electron chi connectivity index (χ4n) is 1.73. The number of nitrogens with zero attached hydrogens (tertiary/aromatic N) is 2. The summed E-state index contributed by atoms with van der Waals surface area (Å²) in [5, 5.41) is 6.83. The van der Waals surface area contributed by atoms with E-state index >= 15 is 0 Å². The number of aryl methyl sites for hydroxylation is 1. The molecule has 2 aromatic rings. The Morgan fingerprint density at radius 2 is 2.19 bits per heavy atom. The second-order valence-electron chi connectivity index (χ2n) is 4.59. The van der Waals surface area contributed by atoms with Gasteiger partial charge in [0, 0.05) is 25.4 Å². The molecule has 0 atom stereocenters. The molecular weight excluding hydrogens is 294 g/mol. The molecule has 0 radical (unpaired) electrons. The van der Waals surface area contributed by atoms with Crippen molar-refractivity contribution in [2.24, 2.45) is 0 Å². The Balaban J connectivity index is 1.95. The van der Waals surface area contributed by atoms with Gasteiger partial charge >= 0.3 is 0 Å². The summed E-state index contributed by atoms with van der Waals surface area (Å²) in [5.41, 5.74) is 0.819. The third kappa shape index (κ3) is 4.38. The lowest BCUT2D eigenvalue weighted by Crippen LogP contribution is -2.23. The highest BCUT2D eigenvalue weighted by Crippen LogP contribution is 2.11. The summed E-state index contributed by atoms with van der Waals surface area (Å²) in [4.78, 5) is 7.07. The summed E-state index contributed by atoms with van der Waals surface area (Å²) in [7, 11) is -3.59. The fourth-order valence-corrected chi connectivity index (χ4v) is 2.73. The van der Waals surface area contributed by atoms with E-state index in [-0.39, 0.29) is 11.4 Å². The first kappa shape index (κ1) is 15.7. The molecule has 0 aliphatic rings. The average molecular weight is 313 g/mol. The highest BCUT2D eigenvalue weighted by atomic mass is 32.2. The zero-order valence-corrected chi connectivity index (χ0v) is 12.8. The summed E-state index contributed by atoms with van der Waals surface area (Å²) < 4.78 is 31.5. The van der Waals surface area contributed by atoms with E-state index < -0.39 is 10.0 Å². The normalized spacial score (nSPS) is 11.9. The van der Waals surface area contributed by atoms with Crippen LogP contribution in [-0.4, -0.2) is 30.1 Å². The zero-order chi connectivity index (χ0) is 15.3. The molecule has 0 amide bonds. The molecular formula is C12H19N5O3S. The molecule has 21 heavy (non-hydrogen) atoms. The number of aromatic amines is 1. The van der Waals surface area contributed by atoms with Crippen LogP contribution in [0.1, 0.15) is 30.8 Å². The minimum atomic E-state index is -3.59. The molecule has 0 bridgehead atoms. The molecule has 0 fully saturated rings. The van der Waals surface area contributed by atoms with E-state index in [0.29, 0.717) is 18.3 Å². The van der Waals surface area contributed by atoms with Crippen molar-refractivity contribution in [2.45, 2.75) is 38.3 Å². The standard InChI is InChI=1S/C12H19N5O3S/c1-3-4-13-6-10-5-11(7-14-10)21(18,19)15-8-12-16-9(2)20-17-12/h5,7,13-15H,3-4,6,8H2,1-2H3. The minimum absolute atomic E-state index is 0.00568. The fraction of sp³-hybridized carbons (Fsp3) is 0.500. The van der Waals surface area contributed by atoms with Gasteiger partial charge in [-0.15, -0.1) is 0 Å². The maximum atomic E-state index is 12.1. The maximum absolute atomic E-state index is 12.1. The van der Waals surface area contributed by atoms with Gasteiger partial charge in [0.15, 0.2) is 5.82 Å². The molecule has 8 nitrogen and oxygen atoms in total. The summed E-state index contributed by atoms with van der Waals surface area (Å²) in [6.07, 6.45) is 2.49. The lowest BCUT2D eigenvalue weighted by Gasteiger charge is -2.01. The van der Waals surface area contributed by atoms with Crippen molar-refractivity contribution in [3.63, 3.8) is 0 Å². The van der Waals surface area contributed by atoms with Crippen molar-refractivity contribution in [3.8, 4) is 0 Å². The lowest BCUT2D eigenvalue weighted by molar-refractivity contribution is 0.387. The highest BCUT2D eigenvalue weighted by Gasteiger charge is 2.17. The Labute approximate surface area is 123 Å². The van der Waals surface area contributed by atoms with Gasteiger partial charge in [0.25, 0.3) is 0 Å². The Bertz CT molecular complexity index is 677. The van der Waals surface area contributed by atoms with E-state index in [4.69, 9.17) is 4.52 Å². The summed E-state index contributed by atoms with van der Waals surface area (Å²) in [6, 6.07) is 1.60. The van der Waals surface area contributed by atoms with Crippen LogP contribution in [0.25, 0.3) is 0 Å². The van der Waals surface area contributed by atoms with Gasteiger partial charge in [0.05, 0.1) is 11.4 Å². The second kappa shape index (κ2) is 6.83. The number of aromatic nitrogens is 3. The van der Waals surface area contributed by atoms with Gasteiger partial charge < -0.3 is 14.8 Å². The SMILES string of the molecule is CCCNCc1cc(S(=O)(=O)NCc2noc(C)n2)c[nH]1. The third-order valence-electron chi connectivity index (χ3n) is 2.76. The summed E-state index contributed by atoms with van der Waals surface area (Å²) in [5.74, 6) is 0.701. The van der Waals surface area contributed by atoms with E-state index in [2.05, 4.69) is 32.1 Å². The molecule has 0 saturated carbocycles. The van der Waals surface area contributed by atoms with E-state index in [1.54, 1.807) is 13.0 Å². The van der Waals surface area contributed by atoms with E-state index in [0.717, 1.165) is 18.7 Å². The molecule has 0 saturated heterocycles. The van der Waals surface area contributed by atoms with Gasteiger partial charge in [-0.2, -0.15) is 4.98 Å². The van der Waals surface area contributed by atoms with Crippen LogP contribution in [-0.2, 0) is 23.1 Å². The molecule has 0 unspecified atom stereocenters. The van der Waals surface area contributed by atoms with Crippen LogP contribution in [0, 0.1) is 6.92 Å². The first-order valence-corrected chi connectivity index (χ1v) is 8.16. The van der Waals surface area contributed by atoms with Gasteiger partial charge in [-0.3, -0.25) is 0 Å². The second-order valence-corrected chi connectivity index (χ2v) is 6.36. The highest BCUT2D eigenvalue weighted by molar-refractivity contribution is 7.89. The van der Waals surface area contributed by atoms with Crippen LogP contribution in [0.4, 0.5) is 0 Å². The quantitative estimate of drug-likeness (QED) is 0.618. The molecule has 2 heterocycles. The molecule has 0 aromatic carbocycles. The van der Waals surface area contributed by atoms with Crippen LogP contribution in [0.3, 0.4) is 0 Å². The smallest absolute Gasteiger partial charge is 0.242 e. The van der Waals surface area contributed by atoms with Crippen LogP contribution < -0.4 is 10.0 Å². The Kier molecular flexibility index (Phi) is 5.10. The number of sulfonamides is 1. The van der Waals surface area contributed by atoms with Crippen molar-refractivity contribution in [1.82, 2.24) is 25.2 Å². The number of nitrogens with one attached hydrogen (secondary N) is 3. The first-order chi connectivity index (χ1) is 10.0. The maximum Gasteiger partial charge on any atom is 0.242 e. The van der Waals surface area contributed by atoms with E-state index in [1.807, 2.05) is 0 Å². The number of hydrogen-bond donors (Lipinski definition) is 3. The van der Waals surface area contributed by atoms with Crippen molar-refractivity contribution in [3.05, 3.63) is 29.7 Å². The lowest BCUT2D eigenvalue weighted by atomic mass is 10.4. The van der Waals surface area contributed by atoms with E-state index in [9.17, 15) is 8.42 Å². The third-order valence-corrected chi connectivity index (χ3v) is 4.14. The predicted molar refractivity (Wildman–Crippen MR) is 75.9 cm³/mol. The van der Waals surface area contributed by atoms with Crippen LogP contribution in [0.2, 0.25) is 0 Å². The van der Waals surface area contributed by atoms with Crippen molar-refractivity contribution in [2.75, 3.05) is 6.54 Å². The number of hydrogen-bond acceptors (Lipinski definition) is 6. The molecule has 0 aliphatic heterocycles. The molecule has 0 spiro atoms. The zero-order valence-electron chi connectivity index (χ0n) is 12.0. The molecule has 0 aliphatic carbocycles. The topological polar surface area (TPSA) is 113 Å². The Morgan fingerprint density at radius 3 is 2.86 bits per heavy atom. The van der Waals surface area contributed by atoms with Crippen molar-refractivity contribution >= 4 is 10.0 Å². The molecule has 116 valence electrons. The van der Waals surface area contributed by atoms with Crippen molar-refractivity contribution < 1.29 is 12.9 Å². The van der Waals surface area contributed by atoms with Gasteiger partial charge in [0.2, 0.25) is 15.9 Å². The number of H-pyrrole nitrogens is 1. The monoisotopic (exact) mass is 313 g/mol. The minimum Gasteiger partial charge on any atom is -0.363 e. The van der Waals surface area contributed by atoms with Crippen molar-refractivity contribution in [1.29, 1.82) is 0 Å². The Hall–Kier alpha value is -1.71. The summed E-state index contributed by atoms with van der Waals surface area (Å²) >= 11 is 0. The molecule has 9 heteroatoms. The average Bonchev–Trinajstić information content (AvgIpc) is 3.06. The van der Waals surface area contributed by atoms with Gasteiger partial charge in [-0.1, -0.05) is 12.1 Å². The van der Waals surface area contributed by atoms with E-state index in [1.165, 1.54) is 6.20 Å². The van der Waals surface area contributed by atoms with Gasteiger partial charge in [-0.25, -0.2) is 13.1 Å². The van der Waals surface area contributed by atoms with Gasteiger partial charge in [0.1, 0.15) is 0 Å². The Morgan fingerprint density at radius 1 is 1.38 bits per heavy atom. The van der Waals surface area contributed by atoms with Crippen LogP contribution in [0.15, 0.2) is 21.7 Å². The van der Waals surface area contributed by atoms with Crippen LogP contribution in [0.5, 0.6) is 0 Å². The molecule has 3 N–H and O–H groups in total. The van der Waals surface area contributed by atoms with Crippen LogP contribution >= 0.6 is 0 Å². The van der Waals surface area contributed by atoms with Gasteiger partial charge in [-0.05, 0) is 19.0 Å². The number of rotatable bonds is 8. The summed E-state index contributed by atoms with van der Waals surface area (Å²) in [6.45, 7) is 5.20. The molecule has 2 rings (SSSR count). The molecule has 2 aromatic heterocycles. The first-order valence-electron chi connectivity index (χ1n) is 6.68.